The number of aromatic amines is 1. The van der Waals surface area contributed by atoms with Crippen LogP contribution in [0.4, 0.5) is 0 Å². The quantitative estimate of drug-likeness (QED) is 0.740. The van der Waals surface area contributed by atoms with Crippen molar-refractivity contribution >= 4 is 0 Å². The van der Waals surface area contributed by atoms with Gasteiger partial charge in [-0.1, -0.05) is 0 Å². The van der Waals surface area contributed by atoms with E-state index in [0.717, 1.165) is 12.8 Å². The standard InChI is InChI=1S/C9H12N2O3/c12-8-5-9(11-6-10-8)14-7-1-3-13-4-2-7/h5-7H,1-4H2,(H,10,11,12). The van der Waals surface area contributed by atoms with Gasteiger partial charge in [-0.2, -0.15) is 0 Å². The van der Waals surface area contributed by atoms with Crippen LogP contribution in [0.5, 0.6) is 5.88 Å². The van der Waals surface area contributed by atoms with E-state index in [4.69, 9.17) is 9.47 Å². The minimum absolute atomic E-state index is 0.123. The van der Waals surface area contributed by atoms with Crippen molar-refractivity contribution in [2.24, 2.45) is 0 Å². The Kier molecular flexibility index (Phi) is 2.78. The first-order chi connectivity index (χ1) is 6.84. The lowest BCUT2D eigenvalue weighted by molar-refractivity contribution is 0.0236. The third-order valence-electron chi connectivity index (χ3n) is 2.11. The molecule has 76 valence electrons. The van der Waals surface area contributed by atoms with Gasteiger partial charge in [0.2, 0.25) is 5.88 Å². The summed E-state index contributed by atoms with van der Waals surface area (Å²) >= 11 is 0. The van der Waals surface area contributed by atoms with Crippen molar-refractivity contribution in [1.82, 2.24) is 9.97 Å². The number of rotatable bonds is 2. The average molecular weight is 196 g/mol. The zero-order valence-corrected chi connectivity index (χ0v) is 7.73. The van der Waals surface area contributed by atoms with Crippen LogP contribution in [0.25, 0.3) is 0 Å². The summed E-state index contributed by atoms with van der Waals surface area (Å²) in [5, 5.41) is 0. The van der Waals surface area contributed by atoms with E-state index in [1.54, 1.807) is 0 Å². The molecule has 0 unspecified atom stereocenters. The molecular formula is C9H12N2O3. The molecular weight excluding hydrogens is 184 g/mol. The Balaban J connectivity index is 1.99. The van der Waals surface area contributed by atoms with Gasteiger partial charge in [-0.25, -0.2) is 4.98 Å². The fourth-order valence-corrected chi connectivity index (χ4v) is 1.38. The summed E-state index contributed by atoms with van der Waals surface area (Å²) in [6, 6.07) is 1.36. The summed E-state index contributed by atoms with van der Waals surface area (Å²) < 4.78 is 10.7. The molecule has 1 N–H and O–H groups in total. The third-order valence-corrected chi connectivity index (χ3v) is 2.11. The van der Waals surface area contributed by atoms with Crippen molar-refractivity contribution in [1.29, 1.82) is 0 Å². The smallest absolute Gasteiger partial charge is 0.254 e. The molecule has 0 atom stereocenters. The first kappa shape index (κ1) is 9.21. The first-order valence-electron chi connectivity index (χ1n) is 4.64. The molecule has 1 fully saturated rings. The highest BCUT2D eigenvalue weighted by Gasteiger charge is 2.15. The van der Waals surface area contributed by atoms with Crippen molar-refractivity contribution in [3.8, 4) is 5.88 Å². The Bertz CT molecular complexity index is 344. The fourth-order valence-electron chi connectivity index (χ4n) is 1.38. The van der Waals surface area contributed by atoms with Gasteiger partial charge in [-0.15, -0.1) is 0 Å². The van der Waals surface area contributed by atoms with Crippen LogP contribution in [0.3, 0.4) is 0 Å². The van der Waals surface area contributed by atoms with E-state index in [-0.39, 0.29) is 11.7 Å². The van der Waals surface area contributed by atoms with Gasteiger partial charge in [0.1, 0.15) is 6.10 Å². The zero-order valence-electron chi connectivity index (χ0n) is 7.73. The Hall–Kier alpha value is -1.36. The van der Waals surface area contributed by atoms with Crippen molar-refractivity contribution in [2.75, 3.05) is 13.2 Å². The van der Waals surface area contributed by atoms with E-state index in [2.05, 4.69) is 9.97 Å². The molecule has 1 aromatic heterocycles. The first-order valence-corrected chi connectivity index (χ1v) is 4.64. The molecule has 1 aliphatic rings. The number of ether oxygens (including phenoxy) is 2. The Morgan fingerprint density at radius 3 is 3.00 bits per heavy atom. The molecule has 0 aromatic carbocycles. The Morgan fingerprint density at radius 2 is 2.29 bits per heavy atom. The lowest BCUT2D eigenvalue weighted by atomic mass is 10.2. The predicted molar refractivity (Wildman–Crippen MR) is 49.3 cm³/mol. The molecule has 0 spiro atoms. The van der Waals surface area contributed by atoms with Gasteiger partial charge < -0.3 is 14.5 Å². The van der Waals surface area contributed by atoms with E-state index in [1.807, 2.05) is 0 Å². The van der Waals surface area contributed by atoms with E-state index in [1.165, 1.54) is 12.4 Å². The minimum Gasteiger partial charge on any atom is -0.474 e. The van der Waals surface area contributed by atoms with Crippen molar-refractivity contribution < 1.29 is 9.47 Å². The van der Waals surface area contributed by atoms with Crippen LogP contribution in [0, 0.1) is 0 Å². The number of nitrogens with zero attached hydrogens (tertiary/aromatic N) is 1. The molecule has 1 saturated heterocycles. The lowest BCUT2D eigenvalue weighted by Crippen LogP contribution is -2.26. The van der Waals surface area contributed by atoms with Crippen LogP contribution in [-0.4, -0.2) is 29.3 Å². The topological polar surface area (TPSA) is 64.2 Å². The van der Waals surface area contributed by atoms with E-state index in [9.17, 15) is 4.79 Å². The van der Waals surface area contributed by atoms with Crippen LogP contribution in [0.1, 0.15) is 12.8 Å². The fraction of sp³-hybridized carbons (Fsp3) is 0.556. The second kappa shape index (κ2) is 4.23. The minimum atomic E-state index is -0.193. The zero-order chi connectivity index (χ0) is 9.80. The van der Waals surface area contributed by atoms with Crippen LogP contribution in [-0.2, 0) is 4.74 Å². The molecule has 1 aliphatic heterocycles. The second-order valence-electron chi connectivity index (χ2n) is 3.18. The van der Waals surface area contributed by atoms with Gasteiger partial charge in [0, 0.05) is 12.8 Å². The molecule has 5 nitrogen and oxygen atoms in total. The van der Waals surface area contributed by atoms with Gasteiger partial charge in [0.15, 0.2) is 0 Å². The molecule has 14 heavy (non-hydrogen) atoms. The normalized spacial score (nSPS) is 18.0. The number of hydrogen-bond donors (Lipinski definition) is 1. The maximum absolute atomic E-state index is 10.9. The molecule has 2 rings (SSSR count). The maximum atomic E-state index is 10.9. The van der Waals surface area contributed by atoms with E-state index < -0.39 is 0 Å². The molecule has 5 heteroatoms. The summed E-state index contributed by atoms with van der Waals surface area (Å²) in [7, 11) is 0. The summed E-state index contributed by atoms with van der Waals surface area (Å²) in [5.74, 6) is 0.389. The van der Waals surface area contributed by atoms with Crippen LogP contribution in [0.15, 0.2) is 17.2 Å². The highest BCUT2D eigenvalue weighted by Crippen LogP contribution is 2.13. The summed E-state index contributed by atoms with van der Waals surface area (Å²) in [6.45, 7) is 1.43. The van der Waals surface area contributed by atoms with Crippen LogP contribution >= 0.6 is 0 Å². The summed E-state index contributed by atoms with van der Waals surface area (Å²) in [5.41, 5.74) is -0.193. The Labute approximate surface area is 81.1 Å². The molecule has 0 radical (unpaired) electrons. The highest BCUT2D eigenvalue weighted by atomic mass is 16.5. The van der Waals surface area contributed by atoms with Crippen molar-refractivity contribution in [3.05, 3.63) is 22.7 Å². The summed E-state index contributed by atoms with van der Waals surface area (Å²) in [4.78, 5) is 17.3. The van der Waals surface area contributed by atoms with Crippen molar-refractivity contribution in [3.63, 3.8) is 0 Å². The molecule has 1 aromatic rings. The lowest BCUT2D eigenvalue weighted by Gasteiger charge is -2.22. The largest absolute Gasteiger partial charge is 0.474 e. The predicted octanol–water partition coefficient (Wildman–Crippen LogP) is 0.328. The third kappa shape index (κ3) is 2.32. The maximum Gasteiger partial charge on any atom is 0.254 e. The molecule has 2 heterocycles. The van der Waals surface area contributed by atoms with Crippen molar-refractivity contribution in [2.45, 2.75) is 18.9 Å². The number of H-pyrrole nitrogens is 1. The van der Waals surface area contributed by atoms with Crippen LogP contribution < -0.4 is 10.3 Å². The van der Waals surface area contributed by atoms with Gasteiger partial charge in [0.05, 0.1) is 25.6 Å². The van der Waals surface area contributed by atoms with Gasteiger partial charge in [-0.3, -0.25) is 4.79 Å². The highest BCUT2D eigenvalue weighted by molar-refractivity contribution is 5.05. The number of nitrogens with one attached hydrogen (secondary N) is 1. The summed E-state index contributed by atoms with van der Waals surface area (Å²) in [6.07, 6.45) is 3.18. The van der Waals surface area contributed by atoms with Gasteiger partial charge in [-0.05, 0) is 0 Å². The molecule has 0 amide bonds. The number of hydrogen-bond acceptors (Lipinski definition) is 4. The molecule has 0 bridgehead atoms. The van der Waals surface area contributed by atoms with Crippen LogP contribution in [0.2, 0.25) is 0 Å². The van der Waals surface area contributed by atoms with Gasteiger partial charge in [0.25, 0.3) is 5.56 Å². The van der Waals surface area contributed by atoms with E-state index >= 15 is 0 Å². The number of aromatic nitrogens is 2. The van der Waals surface area contributed by atoms with Gasteiger partial charge >= 0.3 is 0 Å². The second-order valence-corrected chi connectivity index (χ2v) is 3.18. The van der Waals surface area contributed by atoms with E-state index in [0.29, 0.717) is 19.1 Å². The molecule has 0 aliphatic carbocycles. The SMILES string of the molecule is O=c1cc(OC2CCOCC2)nc[nH]1. The monoisotopic (exact) mass is 196 g/mol. The average Bonchev–Trinajstić information content (AvgIpc) is 2.19. The Morgan fingerprint density at radius 1 is 1.50 bits per heavy atom. The molecule has 0 saturated carbocycles.